The van der Waals surface area contributed by atoms with Gasteiger partial charge in [-0.3, -0.25) is 10.2 Å². The molecule has 2 aromatic rings. The van der Waals surface area contributed by atoms with Crippen LogP contribution in [0.1, 0.15) is 18.2 Å². The van der Waals surface area contributed by atoms with Crippen LogP contribution < -0.4 is 10.2 Å². The maximum atomic E-state index is 11.4. The molecule has 23 heavy (non-hydrogen) atoms. The van der Waals surface area contributed by atoms with Crippen LogP contribution in [0.25, 0.3) is 0 Å². The fourth-order valence-electron chi connectivity index (χ4n) is 1.72. The summed E-state index contributed by atoms with van der Waals surface area (Å²) < 4.78 is 10.0. The molecule has 0 aliphatic rings. The quantitative estimate of drug-likeness (QED) is 0.469. The van der Waals surface area contributed by atoms with Gasteiger partial charge in [0, 0.05) is 5.38 Å². The molecule has 6 nitrogen and oxygen atoms in total. The van der Waals surface area contributed by atoms with Crippen molar-refractivity contribution in [2.24, 2.45) is 5.10 Å². The second-order valence-corrected chi connectivity index (χ2v) is 5.66. The molecule has 1 aromatic carbocycles. The number of thiazole rings is 1. The Balaban J connectivity index is 1.93. The monoisotopic (exact) mass is 353 g/mol. The van der Waals surface area contributed by atoms with Crippen molar-refractivity contribution in [1.29, 1.82) is 0 Å². The number of halogens is 1. The molecule has 0 fully saturated rings. The van der Waals surface area contributed by atoms with E-state index < -0.39 is 0 Å². The summed E-state index contributed by atoms with van der Waals surface area (Å²) in [6.45, 7) is 2.13. The summed E-state index contributed by atoms with van der Waals surface area (Å²) in [4.78, 5) is 15.6. The van der Waals surface area contributed by atoms with Crippen LogP contribution in [0.15, 0.2) is 28.7 Å². The van der Waals surface area contributed by atoms with Crippen LogP contribution in [0.2, 0.25) is 5.02 Å². The molecule has 2 rings (SSSR count). The third-order valence-electron chi connectivity index (χ3n) is 2.73. The first-order valence-electron chi connectivity index (χ1n) is 6.85. The molecule has 0 unspecified atom stereocenters. The van der Waals surface area contributed by atoms with Gasteiger partial charge in [-0.05, 0) is 24.6 Å². The Morgan fingerprint density at radius 3 is 3.09 bits per heavy atom. The lowest BCUT2D eigenvalue weighted by Gasteiger charge is -2.03. The number of hydrogen-bond acceptors (Lipinski definition) is 7. The highest BCUT2D eigenvalue weighted by Gasteiger charge is 2.07. The van der Waals surface area contributed by atoms with Crippen LogP contribution in [-0.2, 0) is 16.0 Å². The van der Waals surface area contributed by atoms with E-state index >= 15 is 0 Å². The molecule has 0 spiro atoms. The number of carbonyl (C=O) groups is 1. The van der Waals surface area contributed by atoms with Gasteiger partial charge in [0.25, 0.3) is 0 Å². The number of rotatable bonds is 7. The highest BCUT2D eigenvalue weighted by molar-refractivity contribution is 7.13. The Morgan fingerprint density at radius 2 is 2.35 bits per heavy atom. The molecular weight excluding hydrogens is 338 g/mol. The number of esters is 1. The summed E-state index contributed by atoms with van der Waals surface area (Å²) in [5.74, 6) is 0.294. The molecule has 0 saturated carbocycles. The minimum Gasteiger partial charge on any atom is -0.495 e. The Bertz CT molecular complexity index is 703. The molecule has 1 N–H and O–H groups in total. The summed E-state index contributed by atoms with van der Waals surface area (Å²) >= 11 is 7.33. The summed E-state index contributed by atoms with van der Waals surface area (Å²) in [7, 11) is 1.56. The zero-order valence-corrected chi connectivity index (χ0v) is 14.3. The number of aromatic nitrogens is 1. The third kappa shape index (κ3) is 5.22. The van der Waals surface area contributed by atoms with E-state index in [0.29, 0.717) is 28.2 Å². The predicted octanol–water partition coefficient (Wildman–Crippen LogP) is 3.36. The summed E-state index contributed by atoms with van der Waals surface area (Å²) in [6, 6.07) is 5.34. The highest BCUT2D eigenvalue weighted by atomic mass is 35.5. The molecule has 0 radical (unpaired) electrons. The Morgan fingerprint density at radius 1 is 1.52 bits per heavy atom. The van der Waals surface area contributed by atoms with E-state index in [4.69, 9.17) is 21.1 Å². The molecule has 0 aliphatic heterocycles. The van der Waals surface area contributed by atoms with Crippen molar-refractivity contribution in [2.45, 2.75) is 13.3 Å². The number of nitrogens with one attached hydrogen (secondary N) is 1. The second-order valence-electron chi connectivity index (χ2n) is 4.39. The van der Waals surface area contributed by atoms with Gasteiger partial charge in [0.05, 0.1) is 37.1 Å². The van der Waals surface area contributed by atoms with Crippen LogP contribution in [0, 0.1) is 0 Å². The van der Waals surface area contributed by atoms with Gasteiger partial charge in [-0.15, -0.1) is 11.3 Å². The smallest absolute Gasteiger partial charge is 0.311 e. The standard InChI is InChI=1S/C15H16ClN3O3S/c1-3-22-14(20)7-11-9-23-15(18-11)19-17-8-10-4-5-12(16)13(6-10)21-2/h4-6,8-9H,3,7H2,1-2H3,(H,18,19). The zero-order chi connectivity index (χ0) is 16.7. The van der Waals surface area contributed by atoms with Gasteiger partial charge in [0.1, 0.15) is 5.75 Å². The van der Waals surface area contributed by atoms with E-state index in [1.54, 1.807) is 37.8 Å². The van der Waals surface area contributed by atoms with Crippen molar-refractivity contribution >= 4 is 40.3 Å². The van der Waals surface area contributed by atoms with E-state index in [1.165, 1.54) is 11.3 Å². The number of nitrogens with zero attached hydrogens (tertiary/aromatic N) is 2. The number of hydrogen-bond donors (Lipinski definition) is 1. The van der Waals surface area contributed by atoms with Crippen LogP contribution in [0.5, 0.6) is 5.75 Å². The first-order chi connectivity index (χ1) is 11.1. The Labute approximate surface area is 143 Å². The van der Waals surface area contributed by atoms with E-state index in [1.807, 2.05) is 6.07 Å². The maximum Gasteiger partial charge on any atom is 0.311 e. The lowest BCUT2D eigenvalue weighted by Crippen LogP contribution is -2.07. The topological polar surface area (TPSA) is 72.8 Å². The van der Waals surface area contributed by atoms with Gasteiger partial charge in [0.2, 0.25) is 5.13 Å². The first kappa shape index (κ1) is 17.2. The van der Waals surface area contributed by atoms with Gasteiger partial charge in [-0.1, -0.05) is 17.7 Å². The number of benzene rings is 1. The van der Waals surface area contributed by atoms with Crippen LogP contribution in [-0.4, -0.2) is 30.9 Å². The predicted molar refractivity (Wildman–Crippen MR) is 91.7 cm³/mol. The third-order valence-corrected chi connectivity index (χ3v) is 3.84. The molecule has 0 atom stereocenters. The largest absolute Gasteiger partial charge is 0.495 e. The summed E-state index contributed by atoms with van der Waals surface area (Å²) in [6.07, 6.45) is 1.79. The van der Waals surface area contributed by atoms with Crippen molar-refractivity contribution in [3.8, 4) is 5.75 Å². The first-order valence-corrected chi connectivity index (χ1v) is 8.10. The molecule has 8 heteroatoms. The van der Waals surface area contributed by atoms with Crippen LogP contribution >= 0.6 is 22.9 Å². The molecule has 1 heterocycles. The van der Waals surface area contributed by atoms with Gasteiger partial charge in [0.15, 0.2) is 0 Å². The van der Waals surface area contributed by atoms with Gasteiger partial charge in [-0.25, -0.2) is 4.98 Å². The fourth-order valence-corrected chi connectivity index (χ4v) is 2.57. The van der Waals surface area contributed by atoms with Crippen LogP contribution in [0.4, 0.5) is 5.13 Å². The van der Waals surface area contributed by atoms with Crippen molar-refractivity contribution in [3.05, 3.63) is 39.9 Å². The molecular formula is C15H16ClN3O3S. The zero-order valence-electron chi connectivity index (χ0n) is 12.7. The van der Waals surface area contributed by atoms with Gasteiger partial charge >= 0.3 is 5.97 Å². The number of anilines is 1. The van der Waals surface area contributed by atoms with Crippen molar-refractivity contribution in [1.82, 2.24) is 4.98 Å². The van der Waals surface area contributed by atoms with Crippen molar-refractivity contribution < 1.29 is 14.3 Å². The Kier molecular flexibility index (Phi) is 6.37. The SMILES string of the molecule is CCOC(=O)Cc1csc(NN=Cc2ccc(Cl)c(OC)c2)n1. The Hall–Kier alpha value is -2.12. The average Bonchev–Trinajstić information content (AvgIpc) is 2.96. The van der Waals surface area contributed by atoms with Crippen molar-refractivity contribution in [2.75, 3.05) is 19.1 Å². The number of carbonyl (C=O) groups excluding carboxylic acids is 1. The number of hydrazone groups is 1. The van der Waals surface area contributed by atoms with E-state index in [2.05, 4.69) is 15.5 Å². The molecule has 0 bridgehead atoms. The molecule has 1 aromatic heterocycles. The number of methoxy groups -OCH3 is 1. The lowest BCUT2D eigenvalue weighted by atomic mass is 10.2. The average molecular weight is 354 g/mol. The minimum atomic E-state index is -0.291. The molecule has 0 amide bonds. The van der Waals surface area contributed by atoms with Gasteiger partial charge < -0.3 is 9.47 Å². The normalized spacial score (nSPS) is 10.7. The highest BCUT2D eigenvalue weighted by Crippen LogP contribution is 2.24. The van der Waals surface area contributed by atoms with Gasteiger partial charge in [-0.2, -0.15) is 5.10 Å². The molecule has 0 saturated heterocycles. The summed E-state index contributed by atoms with van der Waals surface area (Å²) in [5, 5.41) is 7.04. The van der Waals surface area contributed by atoms with Crippen LogP contribution in [0.3, 0.4) is 0 Å². The van der Waals surface area contributed by atoms with E-state index in [-0.39, 0.29) is 12.4 Å². The van der Waals surface area contributed by atoms with Crippen molar-refractivity contribution in [3.63, 3.8) is 0 Å². The maximum absolute atomic E-state index is 11.4. The second kappa shape index (κ2) is 8.50. The van der Waals surface area contributed by atoms with E-state index in [9.17, 15) is 4.79 Å². The lowest BCUT2D eigenvalue weighted by molar-refractivity contribution is -0.142. The molecule has 122 valence electrons. The number of ether oxygens (including phenoxy) is 2. The fraction of sp³-hybridized carbons (Fsp3) is 0.267. The minimum absolute atomic E-state index is 0.157. The molecule has 0 aliphatic carbocycles. The summed E-state index contributed by atoms with van der Waals surface area (Å²) in [5.41, 5.74) is 4.31. The van der Waals surface area contributed by atoms with E-state index in [0.717, 1.165) is 5.56 Å².